The second-order valence-electron chi connectivity index (χ2n) is 18.1. The normalized spacial score (nSPS) is 14.9. The number of para-hydroxylation sites is 1. The summed E-state index contributed by atoms with van der Waals surface area (Å²) in [5, 5.41) is 47.4. The van der Waals surface area contributed by atoms with E-state index in [0.717, 1.165) is 16.5 Å². The molecule has 19 nitrogen and oxygen atoms in total. The number of hydrogen-bond donors (Lipinski definition) is 14. The van der Waals surface area contributed by atoms with Crippen molar-refractivity contribution in [2.24, 2.45) is 11.5 Å². The largest absolute Gasteiger partial charge is 0.508 e. The van der Waals surface area contributed by atoms with Crippen molar-refractivity contribution in [3.8, 4) is 11.5 Å². The van der Waals surface area contributed by atoms with Crippen LogP contribution >= 0.6 is 25.3 Å². The second-order valence-corrected chi connectivity index (χ2v) is 18.9. The van der Waals surface area contributed by atoms with Crippen LogP contribution in [0, 0.1) is 0 Å². The number of aliphatic hydroxyl groups is 1. The Kier molecular flexibility index (Phi) is 22.3. The molecule has 0 bridgehead atoms. The third-order valence-electron chi connectivity index (χ3n) is 12.5. The van der Waals surface area contributed by atoms with Crippen molar-refractivity contribution >= 4 is 77.4 Å². The molecule has 74 heavy (non-hydrogen) atoms. The summed E-state index contributed by atoms with van der Waals surface area (Å²) >= 11 is 8.43. The number of phenols is 2. The van der Waals surface area contributed by atoms with Gasteiger partial charge in [0.2, 0.25) is 35.4 Å². The van der Waals surface area contributed by atoms with Gasteiger partial charge < -0.3 is 63.7 Å². The van der Waals surface area contributed by atoms with Crippen molar-refractivity contribution in [3.05, 3.63) is 132 Å². The van der Waals surface area contributed by atoms with Crippen molar-refractivity contribution < 1.29 is 48.9 Å². The first-order valence-electron chi connectivity index (χ1n) is 24.3. The van der Waals surface area contributed by atoms with E-state index in [2.05, 4.69) is 62.1 Å². The molecule has 0 fully saturated rings. The van der Waals surface area contributed by atoms with Gasteiger partial charge in [0, 0.05) is 47.4 Å². The molecule has 9 atom stereocenters. The summed E-state index contributed by atoms with van der Waals surface area (Å²) in [6, 6.07) is 19.3. The van der Waals surface area contributed by atoms with Crippen LogP contribution in [-0.2, 0) is 52.8 Å². The van der Waals surface area contributed by atoms with E-state index in [4.69, 9.17) is 11.5 Å². The van der Waals surface area contributed by atoms with Gasteiger partial charge in [-0.15, -0.1) is 0 Å². The van der Waals surface area contributed by atoms with Gasteiger partial charge in [-0.1, -0.05) is 79.7 Å². The predicted octanol–water partition coefficient (Wildman–Crippen LogP) is 1.59. The number of carbonyl (C=O) groups is 7. The maximum absolute atomic E-state index is 14.6. The number of Topliss-reactive ketones (excluding diaryl/α,β-unsaturated/α-hetero) is 1. The van der Waals surface area contributed by atoms with Crippen LogP contribution in [0.4, 0.5) is 0 Å². The van der Waals surface area contributed by atoms with E-state index >= 15 is 0 Å². The van der Waals surface area contributed by atoms with Crippen LogP contribution in [0.3, 0.4) is 0 Å². The van der Waals surface area contributed by atoms with Gasteiger partial charge in [-0.3, -0.25) is 33.6 Å². The van der Waals surface area contributed by atoms with Crippen LogP contribution in [0.15, 0.2) is 109 Å². The molecule has 0 radical (unpaired) electrons. The zero-order valence-electron chi connectivity index (χ0n) is 41.2. The van der Waals surface area contributed by atoms with Gasteiger partial charge in [0.05, 0.1) is 18.2 Å². The Morgan fingerprint density at radius 3 is 1.65 bits per heavy atom. The van der Waals surface area contributed by atoms with Gasteiger partial charge in [-0.05, 0) is 91.7 Å². The average molecular weight is 1050 g/mol. The van der Waals surface area contributed by atoms with Gasteiger partial charge in [0.1, 0.15) is 41.7 Å². The number of aromatic nitrogens is 1. The molecule has 5 rings (SSSR count). The summed E-state index contributed by atoms with van der Waals surface area (Å²) in [6.07, 6.45) is 0.838. The number of amides is 6. The first-order chi connectivity index (χ1) is 35.4. The van der Waals surface area contributed by atoms with E-state index in [9.17, 15) is 48.9 Å². The van der Waals surface area contributed by atoms with E-state index in [0.29, 0.717) is 29.5 Å². The molecule has 0 aliphatic carbocycles. The highest BCUT2D eigenvalue weighted by Gasteiger charge is 2.36. The molecule has 6 amide bonds. The molecule has 0 saturated heterocycles. The molecule has 14 N–H and O–H groups in total. The number of benzene rings is 4. The number of nitrogens with two attached hydrogens (primary N) is 2. The number of aromatic amines is 1. The Hall–Kier alpha value is -6.91. The summed E-state index contributed by atoms with van der Waals surface area (Å²) in [4.78, 5) is 101. The molecule has 0 spiro atoms. The third kappa shape index (κ3) is 16.8. The monoisotopic (exact) mass is 1050 g/mol. The SMILES string of the molecule is CC(C(=O)[C@@H](Cc1ccc(O)cc1)NC(=O)[C@@H](CS)NC(=O)[C@@H](NC(=O)C(CCCCN)NC(=O)[C@@H](Cc1c[nH]c2ccccc12)NC(=O)C(Cc1ccc(O)cc1)NC(=O)C(N)CS)[C@@H](C)O)c1ccccc1. The first-order valence-corrected chi connectivity index (χ1v) is 25.6. The zero-order valence-corrected chi connectivity index (χ0v) is 43.0. The summed E-state index contributed by atoms with van der Waals surface area (Å²) in [5.41, 5.74) is 15.1. The van der Waals surface area contributed by atoms with Gasteiger partial charge in [-0.25, -0.2) is 0 Å². The minimum absolute atomic E-state index is 0.0113. The van der Waals surface area contributed by atoms with Crippen molar-refractivity contribution in [2.45, 2.75) is 107 Å². The fourth-order valence-electron chi connectivity index (χ4n) is 8.16. The second kappa shape index (κ2) is 28.5. The Balaban J connectivity index is 1.37. The number of unbranched alkanes of at least 4 members (excludes halogenated alkanes) is 1. The van der Waals surface area contributed by atoms with Crippen molar-refractivity contribution in [2.75, 3.05) is 18.1 Å². The zero-order chi connectivity index (χ0) is 53.9. The van der Waals surface area contributed by atoms with E-state index in [1.807, 2.05) is 30.3 Å². The minimum atomic E-state index is -1.67. The molecule has 396 valence electrons. The fraction of sp³-hybridized carbons (Fsp3) is 0.377. The highest BCUT2D eigenvalue weighted by atomic mass is 32.1. The van der Waals surface area contributed by atoms with E-state index in [1.54, 1.807) is 61.7 Å². The van der Waals surface area contributed by atoms with Crippen LogP contribution in [-0.4, -0.2) is 128 Å². The van der Waals surface area contributed by atoms with Crippen LogP contribution < -0.4 is 43.4 Å². The van der Waals surface area contributed by atoms with E-state index in [-0.39, 0.29) is 61.0 Å². The fourth-order valence-corrected chi connectivity index (χ4v) is 8.58. The lowest BCUT2D eigenvalue weighted by atomic mass is 9.89. The minimum Gasteiger partial charge on any atom is -0.508 e. The van der Waals surface area contributed by atoms with Crippen molar-refractivity contribution in [3.63, 3.8) is 0 Å². The van der Waals surface area contributed by atoms with Gasteiger partial charge in [0.25, 0.3) is 0 Å². The highest BCUT2D eigenvalue weighted by molar-refractivity contribution is 7.80. The topological polar surface area (TPSA) is 320 Å². The predicted molar refractivity (Wildman–Crippen MR) is 287 cm³/mol. The van der Waals surface area contributed by atoms with Crippen LogP contribution in [0.5, 0.6) is 11.5 Å². The number of aliphatic hydroxyl groups excluding tert-OH is 1. The number of carbonyl (C=O) groups excluding carboxylic acids is 7. The van der Waals surface area contributed by atoms with Crippen LogP contribution in [0.2, 0.25) is 0 Å². The molecule has 0 aliphatic heterocycles. The smallest absolute Gasteiger partial charge is 0.245 e. The number of rotatable bonds is 28. The number of thiol groups is 2. The number of H-pyrrole nitrogens is 1. The summed E-state index contributed by atoms with van der Waals surface area (Å²) in [7, 11) is 0. The first kappa shape index (κ1) is 58.0. The van der Waals surface area contributed by atoms with Gasteiger partial charge >= 0.3 is 0 Å². The number of aromatic hydroxyl groups is 2. The van der Waals surface area contributed by atoms with Crippen LogP contribution in [0.1, 0.15) is 61.3 Å². The van der Waals surface area contributed by atoms with E-state index in [1.165, 1.54) is 31.2 Å². The number of phenolic OH excluding ortho intramolecular Hbond substituents is 2. The summed E-state index contributed by atoms with van der Waals surface area (Å²) in [5.74, 6) is -6.12. The molecule has 4 aromatic carbocycles. The number of nitrogens with one attached hydrogen (secondary N) is 7. The van der Waals surface area contributed by atoms with Crippen molar-refractivity contribution in [1.82, 2.24) is 36.9 Å². The molecule has 5 aromatic rings. The quantitative estimate of drug-likeness (QED) is 0.0251. The number of ketones is 1. The Morgan fingerprint density at radius 1 is 0.568 bits per heavy atom. The lowest BCUT2D eigenvalue weighted by Gasteiger charge is -2.28. The Morgan fingerprint density at radius 2 is 1.07 bits per heavy atom. The number of fused-ring (bicyclic) bond motifs is 1. The summed E-state index contributed by atoms with van der Waals surface area (Å²) < 4.78 is 0. The standard InChI is InChI=1S/C53H67N9O10S2/c1-30(34-10-4-3-5-11-34)47(66)42(24-32-15-19-36(64)20-16-32)58-52(71)45(29-74)61-53(72)46(31(2)63)62-49(68)41(14-8-9-23-54)57-51(70)44(26-35-27-56-40-13-7-6-12-38(35)40)60-50(69)43(59-48(67)39(55)28-73)25-33-17-21-37(65)22-18-33/h3-7,10-13,15-22,27,30-31,39,41-46,56,63-65,73-74H,8-9,14,23-26,28-29,54-55H2,1-2H3,(H,57,70)(H,58,71)(H,59,67)(H,60,69)(H,61,72)(H,62,68)/t30?,31-,39?,41?,42-,43?,44-,45-,46+/m1/s1. The Labute approximate surface area is 440 Å². The molecule has 0 saturated carbocycles. The highest BCUT2D eigenvalue weighted by Crippen LogP contribution is 2.22. The maximum atomic E-state index is 14.6. The maximum Gasteiger partial charge on any atom is 0.245 e. The molecular formula is C53H67N9O10S2. The lowest BCUT2D eigenvalue weighted by molar-refractivity contribution is -0.136. The Bertz CT molecular complexity index is 2670. The lowest BCUT2D eigenvalue weighted by Crippen LogP contribution is -2.62. The molecule has 0 aliphatic rings. The number of hydrogen-bond acceptors (Lipinski definition) is 14. The van der Waals surface area contributed by atoms with Crippen molar-refractivity contribution in [1.29, 1.82) is 0 Å². The molecule has 1 heterocycles. The summed E-state index contributed by atoms with van der Waals surface area (Å²) in [6.45, 7) is 3.22. The molecule has 21 heteroatoms. The molecule has 4 unspecified atom stereocenters. The van der Waals surface area contributed by atoms with Crippen LogP contribution in [0.25, 0.3) is 10.9 Å². The average Bonchev–Trinajstić information content (AvgIpc) is 3.81. The van der Waals surface area contributed by atoms with Gasteiger partial charge in [-0.2, -0.15) is 25.3 Å². The van der Waals surface area contributed by atoms with E-state index < -0.39 is 89.8 Å². The molecular weight excluding hydrogens is 987 g/mol. The third-order valence-corrected chi connectivity index (χ3v) is 13.3. The van der Waals surface area contributed by atoms with Gasteiger partial charge in [0.15, 0.2) is 5.78 Å². The molecule has 1 aromatic heterocycles.